The van der Waals surface area contributed by atoms with Gasteiger partial charge in [-0.05, 0) is 84.3 Å². The summed E-state index contributed by atoms with van der Waals surface area (Å²) in [6.07, 6.45) is 5.30. The molecular formula is C27H26FN7O2. The molecule has 0 amide bonds. The molecule has 2 aliphatic rings. The lowest BCUT2D eigenvalue weighted by Crippen LogP contribution is -2.11. The van der Waals surface area contributed by atoms with E-state index in [4.69, 9.17) is 5.11 Å². The molecule has 188 valence electrons. The molecule has 6 rings (SSSR count). The van der Waals surface area contributed by atoms with Crippen LogP contribution in [0.1, 0.15) is 52.7 Å². The van der Waals surface area contributed by atoms with Crippen molar-refractivity contribution in [3.05, 3.63) is 70.4 Å². The van der Waals surface area contributed by atoms with Gasteiger partial charge in [-0.15, -0.1) is 10.2 Å². The highest BCUT2D eigenvalue weighted by Crippen LogP contribution is 2.47. The molecule has 2 aliphatic carbocycles. The van der Waals surface area contributed by atoms with Crippen molar-refractivity contribution in [1.29, 1.82) is 0 Å². The number of carbonyl (C=O) groups is 1. The first kappa shape index (κ1) is 23.2. The van der Waals surface area contributed by atoms with Gasteiger partial charge in [0.25, 0.3) is 0 Å². The Kier molecular flexibility index (Phi) is 5.47. The van der Waals surface area contributed by atoms with Crippen LogP contribution in [0.15, 0.2) is 36.7 Å². The third-order valence-corrected chi connectivity index (χ3v) is 7.39. The van der Waals surface area contributed by atoms with Gasteiger partial charge in [0, 0.05) is 17.0 Å². The molecule has 0 radical (unpaired) electrons. The highest BCUT2D eigenvalue weighted by molar-refractivity contribution is 5.79. The predicted molar refractivity (Wildman–Crippen MR) is 134 cm³/mol. The number of tetrazole rings is 1. The van der Waals surface area contributed by atoms with Gasteiger partial charge in [0.1, 0.15) is 11.6 Å². The number of halogens is 1. The van der Waals surface area contributed by atoms with Crippen molar-refractivity contribution in [2.75, 3.05) is 5.32 Å². The van der Waals surface area contributed by atoms with Crippen LogP contribution in [0.25, 0.3) is 22.5 Å². The van der Waals surface area contributed by atoms with Crippen LogP contribution in [0.4, 0.5) is 10.2 Å². The standard InChI is InChI=1S/C27H26FN7O2/c1-13-8-15(26-32-34-35(3)33-26)9-14(2)24(13)16-4-6-20(28)25-17(16)5-7-21(25)31-23-12-29-22(11-30-23)18-10-19(18)27(36)37/h4,6,8-9,11-12,18-19,21H,5,7,10H2,1-3H3,(H,30,31)(H,36,37)/t18?,19-,21-/m1/s1. The second-order valence-corrected chi connectivity index (χ2v) is 9.92. The second kappa shape index (κ2) is 8.72. The molecule has 3 atom stereocenters. The smallest absolute Gasteiger partial charge is 0.307 e. The lowest BCUT2D eigenvalue weighted by atomic mass is 9.89. The van der Waals surface area contributed by atoms with E-state index in [-0.39, 0.29) is 23.7 Å². The van der Waals surface area contributed by atoms with Gasteiger partial charge < -0.3 is 10.4 Å². The molecule has 4 aromatic rings. The quantitative estimate of drug-likeness (QED) is 0.401. The van der Waals surface area contributed by atoms with Crippen molar-refractivity contribution in [3.63, 3.8) is 0 Å². The number of hydrogen-bond donors (Lipinski definition) is 2. The number of carboxylic acid groups (broad SMARTS) is 1. The third kappa shape index (κ3) is 4.12. The van der Waals surface area contributed by atoms with E-state index in [1.165, 1.54) is 4.80 Å². The largest absolute Gasteiger partial charge is 0.481 e. The molecule has 1 saturated carbocycles. The van der Waals surface area contributed by atoms with Crippen molar-refractivity contribution >= 4 is 11.8 Å². The summed E-state index contributed by atoms with van der Waals surface area (Å²) >= 11 is 0. The van der Waals surface area contributed by atoms with Crippen LogP contribution in [-0.4, -0.2) is 41.3 Å². The van der Waals surface area contributed by atoms with E-state index < -0.39 is 5.97 Å². The fourth-order valence-electron chi connectivity index (χ4n) is 5.59. The maximum atomic E-state index is 15.2. The monoisotopic (exact) mass is 499 g/mol. The minimum Gasteiger partial charge on any atom is -0.481 e. The SMILES string of the molecule is Cc1cc(-c2nnn(C)n2)cc(C)c1-c1ccc(F)c2c1CC[C@H]2Nc1cnc(C2C[C@H]2C(=O)O)cn1. The fraction of sp³-hybridized carbons (Fsp3) is 0.333. The molecule has 0 aliphatic heterocycles. The van der Waals surface area contributed by atoms with Crippen LogP contribution < -0.4 is 5.32 Å². The number of fused-ring (bicyclic) bond motifs is 1. The molecular weight excluding hydrogens is 473 g/mol. The summed E-state index contributed by atoms with van der Waals surface area (Å²) in [5, 5.41) is 24.9. The lowest BCUT2D eigenvalue weighted by Gasteiger charge is -2.18. The highest BCUT2D eigenvalue weighted by atomic mass is 19.1. The van der Waals surface area contributed by atoms with Crippen LogP contribution >= 0.6 is 0 Å². The molecule has 9 nitrogen and oxygen atoms in total. The lowest BCUT2D eigenvalue weighted by molar-refractivity contribution is -0.138. The van der Waals surface area contributed by atoms with Gasteiger partial charge in [-0.25, -0.2) is 9.37 Å². The molecule has 0 saturated heterocycles. The van der Waals surface area contributed by atoms with Crippen LogP contribution in [0.2, 0.25) is 0 Å². The van der Waals surface area contributed by atoms with Crippen LogP contribution in [-0.2, 0) is 18.3 Å². The number of nitrogens with one attached hydrogen (secondary N) is 1. The van der Waals surface area contributed by atoms with Gasteiger partial charge in [-0.1, -0.05) is 6.07 Å². The summed E-state index contributed by atoms with van der Waals surface area (Å²) in [6, 6.07) is 7.28. The van der Waals surface area contributed by atoms with E-state index in [1.807, 2.05) is 18.2 Å². The van der Waals surface area contributed by atoms with E-state index in [0.717, 1.165) is 46.2 Å². The van der Waals surface area contributed by atoms with E-state index in [0.29, 0.717) is 29.3 Å². The van der Waals surface area contributed by atoms with Crippen molar-refractivity contribution in [2.45, 2.75) is 45.1 Å². The van der Waals surface area contributed by atoms with Crippen LogP contribution in [0.5, 0.6) is 0 Å². The zero-order valence-electron chi connectivity index (χ0n) is 20.7. The number of hydrogen-bond acceptors (Lipinski definition) is 7. The summed E-state index contributed by atoms with van der Waals surface area (Å²) in [4.78, 5) is 21.4. The average Bonchev–Trinajstić information content (AvgIpc) is 3.38. The van der Waals surface area contributed by atoms with Gasteiger partial charge in [-0.2, -0.15) is 4.80 Å². The molecule has 2 heterocycles. The minimum atomic E-state index is -0.798. The fourth-order valence-corrected chi connectivity index (χ4v) is 5.59. The topological polar surface area (TPSA) is 119 Å². The Hall–Kier alpha value is -4.21. The molecule has 37 heavy (non-hydrogen) atoms. The number of aryl methyl sites for hydroxylation is 3. The summed E-state index contributed by atoms with van der Waals surface area (Å²) in [7, 11) is 1.73. The van der Waals surface area contributed by atoms with E-state index in [2.05, 4.69) is 44.5 Å². The van der Waals surface area contributed by atoms with Gasteiger partial charge in [0.2, 0.25) is 5.82 Å². The van der Waals surface area contributed by atoms with Gasteiger partial charge in [0.05, 0.1) is 37.1 Å². The maximum Gasteiger partial charge on any atom is 0.307 e. The minimum absolute atomic E-state index is 0.0751. The molecule has 0 bridgehead atoms. The van der Waals surface area contributed by atoms with Crippen molar-refractivity contribution in [3.8, 4) is 22.5 Å². The summed E-state index contributed by atoms with van der Waals surface area (Å²) < 4.78 is 15.2. The van der Waals surface area contributed by atoms with Crippen molar-refractivity contribution in [2.24, 2.45) is 13.0 Å². The Morgan fingerprint density at radius 2 is 1.95 bits per heavy atom. The van der Waals surface area contributed by atoms with E-state index in [9.17, 15) is 4.79 Å². The van der Waals surface area contributed by atoms with Crippen molar-refractivity contribution < 1.29 is 14.3 Å². The number of rotatable bonds is 6. The first-order chi connectivity index (χ1) is 17.8. The van der Waals surface area contributed by atoms with Crippen molar-refractivity contribution in [1.82, 2.24) is 30.2 Å². The maximum absolute atomic E-state index is 15.2. The number of anilines is 1. The molecule has 0 spiro atoms. The number of nitrogens with zero attached hydrogens (tertiary/aromatic N) is 6. The Labute approximate surface area is 212 Å². The first-order valence-corrected chi connectivity index (χ1v) is 12.3. The van der Waals surface area contributed by atoms with Gasteiger partial charge >= 0.3 is 5.97 Å². The number of aromatic nitrogens is 6. The number of carboxylic acids is 1. The molecule has 1 unspecified atom stereocenters. The third-order valence-electron chi connectivity index (χ3n) is 7.39. The number of benzene rings is 2. The summed E-state index contributed by atoms with van der Waals surface area (Å²) in [5.74, 6) is -0.369. The van der Waals surface area contributed by atoms with Gasteiger partial charge in [0.15, 0.2) is 0 Å². The molecule has 2 N–H and O–H groups in total. The van der Waals surface area contributed by atoms with Gasteiger partial charge in [-0.3, -0.25) is 9.78 Å². The Morgan fingerprint density at radius 3 is 2.57 bits per heavy atom. The normalized spacial score (nSPS) is 20.1. The van der Waals surface area contributed by atoms with Crippen LogP contribution in [0.3, 0.4) is 0 Å². The highest BCUT2D eigenvalue weighted by Gasteiger charge is 2.45. The average molecular weight is 500 g/mol. The Morgan fingerprint density at radius 1 is 1.16 bits per heavy atom. The predicted octanol–water partition coefficient (Wildman–Crippen LogP) is 4.38. The first-order valence-electron chi connectivity index (χ1n) is 12.3. The molecule has 1 fully saturated rings. The van der Waals surface area contributed by atoms with Crippen LogP contribution in [0, 0.1) is 25.6 Å². The second-order valence-electron chi connectivity index (χ2n) is 9.92. The Balaban J connectivity index is 1.29. The summed E-state index contributed by atoms with van der Waals surface area (Å²) in [6.45, 7) is 4.10. The summed E-state index contributed by atoms with van der Waals surface area (Å²) in [5.41, 5.74) is 7.49. The Bertz CT molecular complexity index is 1510. The molecule has 2 aromatic carbocycles. The van der Waals surface area contributed by atoms with E-state index >= 15 is 4.39 Å². The molecule has 10 heteroatoms. The number of aliphatic carboxylic acids is 1. The zero-order valence-corrected chi connectivity index (χ0v) is 20.7. The van der Waals surface area contributed by atoms with E-state index in [1.54, 1.807) is 25.5 Å². The zero-order chi connectivity index (χ0) is 25.8. The molecule has 2 aromatic heterocycles.